The molecule has 0 saturated carbocycles. The van der Waals surface area contributed by atoms with E-state index in [0.29, 0.717) is 24.8 Å². The van der Waals surface area contributed by atoms with Crippen LogP contribution in [0.5, 0.6) is 0 Å². The van der Waals surface area contributed by atoms with Crippen molar-refractivity contribution in [2.24, 2.45) is 5.92 Å². The fraction of sp³-hybridized carbons (Fsp3) is 0.400. The van der Waals surface area contributed by atoms with E-state index in [1.165, 1.54) is 11.3 Å². The topological polar surface area (TPSA) is 71.5 Å². The number of para-hydroxylation sites is 1. The Morgan fingerprint density at radius 2 is 2.32 bits per heavy atom. The zero-order valence-corrected chi connectivity index (χ0v) is 13.1. The lowest BCUT2D eigenvalue weighted by atomic mass is 10.1. The maximum atomic E-state index is 12.3. The van der Waals surface area contributed by atoms with Gasteiger partial charge in [-0.05, 0) is 12.1 Å². The summed E-state index contributed by atoms with van der Waals surface area (Å²) in [5, 5.41) is 3.41. The fourth-order valence-corrected chi connectivity index (χ4v) is 3.37. The number of thiazole rings is 1. The Kier molecular flexibility index (Phi) is 4.35. The molecular weight excluding hydrogens is 302 g/mol. The van der Waals surface area contributed by atoms with Gasteiger partial charge in [-0.1, -0.05) is 23.5 Å². The van der Waals surface area contributed by atoms with E-state index in [1.54, 1.807) is 12.0 Å². The number of ether oxygens (including phenoxy) is 1. The molecule has 1 aromatic carbocycles. The zero-order valence-electron chi connectivity index (χ0n) is 12.2. The highest BCUT2D eigenvalue weighted by atomic mass is 32.1. The molecule has 1 fully saturated rings. The third-order valence-corrected chi connectivity index (χ3v) is 4.63. The summed E-state index contributed by atoms with van der Waals surface area (Å²) < 4.78 is 6.00. The summed E-state index contributed by atoms with van der Waals surface area (Å²) in [6.45, 7) is 1.46. The Morgan fingerprint density at radius 3 is 3.09 bits per heavy atom. The highest BCUT2D eigenvalue weighted by Crippen LogP contribution is 2.27. The third-order valence-electron chi connectivity index (χ3n) is 3.67. The fourth-order valence-electron chi connectivity index (χ4n) is 2.50. The summed E-state index contributed by atoms with van der Waals surface area (Å²) in [7, 11) is 1.60. The highest BCUT2D eigenvalue weighted by Gasteiger charge is 2.34. The van der Waals surface area contributed by atoms with Crippen LogP contribution >= 0.6 is 11.3 Å². The van der Waals surface area contributed by atoms with Crippen LogP contribution in [0.3, 0.4) is 0 Å². The number of anilines is 1. The van der Waals surface area contributed by atoms with E-state index in [4.69, 9.17) is 4.74 Å². The summed E-state index contributed by atoms with van der Waals surface area (Å²) in [6, 6.07) is 7.73. The van der Waals surface area contributed by atoms with E-state index >= 15 is 0 Å². The van der Waals surface area contributed by atoms with E-state index in [-0.39, 0.29) is 24.2 Å². The summed E-state index contributed by atoms with van der Waals surface area (Å²) >= 11 is 1.44. The second-order valence-corrected chi connectivity index (χ2v) is 6.24. The van der Waals surface area contributed by atoms with E-state index in [9.17, 15) is 9.59 Å². The number of carbonyl (C=O) groups excluding carboxylic acids is 2. The molecule has 1 saturated heterocycles. The van der Waals surface area contributed by atoms with Crippen molar-refractivity contribution in [2.75, 3.05) is 32.1 Å². The Morgan fingerprint density at radius 1 is 1.50 bits per heavy atom. The molecule has 22 heavy (non-hydrogen) atoms. The van der Waals surface area contributed by atoms with Crippen molar-refractivity contribution in [3.05, 3.63) is 24.3 Å². The first-order valence-corrected chi connectivity index (χ1v) is 7.92. The van der Waals surface area contributed by atoms with Crippen molar-refractivity contribution in [3.8, 4) is 0 Å². The predicted octanol–water partition coefficient (Wildman–Crippen LogP) is 1.73. The SMILES string of the molecule is COCCN1CC(C(=O)Nc2nc3ccccc3s2)CC1=O. The maximum absolute atomic E-state index is 12.3. The van der Waals surface area contributed by atoms with Gasteiger partial charge in [-0.15, -0.1) is 0 Å². The summed E-state index contributed by atoms with van der Waals surface area (Å²) in [5.41, 5.74) is 0.868. The van der Waals surface area contributed by atoms with Crippen molar-refractivity contribution >= 4 is 38.5 Å². The second-order valence-electron chi connectivity index (χ2n) is 5.21. The van der Waals surface area contributed by atoms with Crippen molar-refractivity contribution in [1.29, 1.82) is 0 Å². The molecule has 2 heterocycles. The van der Waals surface area contributed by atoms with Crippen LogP contribution in [0.15, 0.2) is 24.3 Å². The lowest BCUT2D eigenvalue weighted by Gasteiger charge is -2.15. The lowest BCUT2D eigenvalue weighted by Crippen LogP contribution is -2.30. The van der Waals surface area contributed by atoms with Gasteiger partial charge < -0.3 is 15.0 Å². The molecule has 3 rings (SSSR count). The minimum Gasteiger partial charge on any atom is -0.383 e. The molecule has 1 N–H and O–H groups in total. The first-order valence-electron chi connectivity index (χ1n) is 7.10. The first kappa shape index (κ1) is 14.9. The molecule has 6 nitrogen and oxygen atoms in total. The molecule has 0 aliphatic carbocycles. The number of likely N-dealkylation sites (tertiary alicyclic amines) is 1. The molecule has 1 aliphatic heterocycles. The van der Waals surface area contributed by atoms with E-state index in [1.807, 2.05) is 24.3 Å². The Hall–Kier alpha value is -1.99. The summed E-state index contributed by atoms with van der Waals surface area (Å²) in [4.78, 5) is 30.2. The number of nitrogens with zero attached hydrogens (tertiary/aromatic N) is 2. The number of benzene rings is 1. The standard InChI is InChI=1S/C15H17N3O3S/c1-21-7-6-18-9-10(8-13(18)19)14(20)17-15-16-11-4-2-3-5-12(11)22-15/h2-5,10H,6-9H2,1H3,(H,16,17,20). The molecule has 0 radical (unpaired) electrons. The average Bonchev–Trinajstić information content (AvgIpc) is 3.08. The molecule has 2 aromatic rings. The van der Waals surface area contributed by atoms with Gasteiger partial charge in [0, 0.05) is 26.6 Å². The Bertz CT molecular complexity index is 667. The Labute approximate surface area is 132 Å². The highest BCUT2D eigenvalue weighted by molar-refractivity contribution is 7.22. The smallest absolute Gasteiger partial charge is 0.231 e. The lowest BCUT2D eigenvalue weighted by molar-refractivity contribution is -0.128. The minimum absolute atomic E-state index is 0.00139. The van der Waals surface area contributed by atoms with Crippen molar-refractivity contribution in [2.45, 2.75) is 6.42 Å². The molecule has 1 unspecified atom stereocenters. The van der Waals surface area contributed by atoms with E-state index < -0.39 is 0 Å². The van der Waals surface area contributed by atoms with Crippen LogP contribution in [0.4, 0.5) is 5.13 Å². The number of hydrogen-bond donors (Lipinski definition) is 1. The normalized spacial score (nSPS) is 18.1. The monoisotopic (exact) mass is 319 g/mol. The molecule has 0 bridgehead atoms. The number of carbonyl (C=O) groups is 2. The van der Waals surface area contributed by atoms with Crippen LogP contribution in [0.2, 0.25) is 0 Å². The van der Waals surface area contributed by atoms with Crippen LogP contribution in [-0.2, 0) is 14.3 Å². The van der Waals surface area contributed by atoms with Gasteiger partial charge in [0.1, 0.15) is 0 Å². The van der Waals surface area contributed by atoms with Crippen LogP contribution in [-0.4, -0.2) is 48.5 Å². The number of fused-ring (bicyclic) bond motifs is 1. The molecule has 0 spiro atoms. The number of rotatable bonds is 5. The van der Waals surface area contributed by atoms with Gasteiger partial charge in [-0.3, -0.25) is 9.59 Å². The number of hydrogen-bond acceptors (Lipinski definition) is 5. The van der Waals surface area contributed by atoms with Gasteiger partial charge in [-0.2, -0.15) is 0 Å². The molecule has 116 valence electrons. The van der Waals surface area contributed by atoms with Gasteiger partial charge >= 0.3 is 0 Å². The van der Waals surface area contributed by atoms with Gasteiger partial charge in [0.25, 0.3) is 0 Å². The average molecular weight is 319 g/mol. The van der Waals surface area contributed by atoms with Gasteiger partial charge in [0.2, 0.25) is 11.8 Å². The summed E-state index contributed by atoms with van der Waals surface area (Å²) in [6.07, 6.45) is 0.250. The van der Waals surface area contributed by atoms with Crippen LogP contribution in [0, 0.1) is 5.92 Å². The minimum atomic E-state index is -0.323. The summed E-state index contributed by atoms with van der Waals surface area (Å²) in [5.74, 6) is -0.467. The molecule has 1 aromatic heterocycles. The largest absolute Gasteiger partial charge is 0.383 e. The van der Waals surface area contributed by atoms with Crippen LogP contribution in [0.1, 0.15) is 6.42 Å². The van der Waals surface area contributed by atoms with Crippen molar-refractivity contribution < 1.29 is 14.3 Å². The van der Waals surface area contributed by atoms with Crippen molar-refractivity contribution in [3.63, 3.8) is 0 Å². The first-order chi connectivity index (χ1) is 10.7. The van der Waals surface area contributed by atoms with Crippen LogP contribution < -0.4 is 5.32 Å². The number of aromatic nitrogens is 1. The molecular formula is C15H17N3O3S. The van der Waals surface area contributed by atoms with E-state index in [2.05, 4.69) is 10.3 Å². The number of nitrogens with one attached hydrogen (secondary N) is 1. The zero-order chi connectivity index (χ0) is 15.5. The van der Waals surface area contributed by atoms with Gasteiger partial charge in [-0.25, -0.2) is 4.98 Å². The second kappa shape index (κ2) is 6.41. The quantitative estimate of drug-likeness (QED) is 0.911. The maximum Gasteiger partial charge on any atom is 0.231 e. The number of amides is 2. The van der Waals surface area contributed by atoms with E-state index in [0.717, 1.165) is 10.2 Å². The van der Waals surface area contributed by atoms with Crippen molar-refractivity contribution in [1.82, 2.24) is 9.88 Å². The molecule has 7 heteroatoms. The molecule has 2 amide bonds. The molecule has 1 atom stereocenters. The van der Waals surface area contributed by atoms with Crippen LogP contribution in [0.25, 0.3) is 10.2 Å². The van der Waals surface area contributed by atoms with Gasteiger partial charge in [0.05, 0.1) is 22.7 Å². The number of methoxy groups -OCH3 is 1. The predicted molar refractivity (Wildman–Crippen MR) is 84.8 cm³/mol. The van der Waals surface area contributed by atoms with Gasteiger partial charge in [0.15, 0.2) is 5.13 Å². The molecule has 1 aliphatic rings. The third kappa shape index (κ3) is 3.10. The Balaban J connectivity index is 1.63.